The second-order valence-electron chi connectivity index (χ2n) is 7.21. The van der Waals surface area contributed by atoms with Gasteiger partial charge in [-0.1, -0.05) is 12.1 Å². The van der Waals surface area contributed by atoms with E-state index in [-0.39, 0.29) is 11.8 Å². The lowest BCUT2D eigenvalue weighted by atomic mass is 9.90. The summed E-state index contributed by atoms with van der Waals surface area (Å²) in [6.45, 7) is 3.97. The van der Waals surface area contributed by atoms with E-state index in [0.717, 1.165) is 44.3 Å². The third-order valence-electron chi connectivity index (χ3n) is 5.25. The van der Waals surface area contributed by atoms with Crippen LogP contribution in [0.15, 0.2) is 48.8 Å². The topological polar surface area (TPSA) is 62.3 Å². The normalized spacial score (nSPS) is 14.8. The molecule has 5 heteroatoms. The van der Waals surface area contributed by atoms with Crippen LogP contribution in [0.25, 0.3) is 0 Å². The zero-order chi connectivity index (χ0) is 19.1. The summed E-state index contributed by atoms with van der Waals surface area (Å²) < 4.78 is 0. The summed E-state index contributed by atoms with van der Waals surface area (Å²) in [7, 11) is 0. The van der Waals surface area contributed by atoms with Gasteiger partial charge in [0.15, 0.2) is 0 Å². The molecule has 1 saturated heterocycles. The van der Waals surface area contributed by atoms with Crippen LogP contribution in [0, 0.1) is 5.92 Å². The number of nitrogens with one attached hydrogen (secondary N) is 1. The van der Waals surface area contributed by atoms with E-state index in [4.69, 9.17) is 0 Å². The van der Waals surface area contributed by atoms with Gasteiger partial charge in [-0.3, -0.25) is 14.6 Å². The van der Waals surface area contributed by atoms with Crippen LogP contribution in [0.4, 0.5) is 0 Å². The van der Waals surface area contributed by atoms with Crippen molar-refractivity contribution in [2.75, 3.05) is 19.6 Å². The molecular formula is C22H27N3O2. The quantitative estimate of drug-likeness (QED) is 0.856. The standard InChI is InChI=1S/C22H27N3O2/c1-17(26)25-14-9-20(10-15-25)16-19-2-4-21(5-3-19)22(27)24-13-8-18-6-11-23-12-7-18/h2-7,11-12,20H,8-10,13-16H2,1H3,(H,24,27). The number of aromatic nitrogens is 1. The first-order chi connectivity index (χ1) is 13.1. The zero-order valence-corrected chi connectivity index (χ0v) is 15.9. The molecule has 2 heterocycles. The molecule has 142 valence electrons. The highest BCUT2D eigenvalue weighted by Gasteiger charge is 2.20. The number of hydrogen-bond donors (Lipinski definition) is 1. The molecule has 3 rings (SSSR count). The number of piperidine rings is 1. The Bertz CT molecular complexity index is 751. The first-order valence-electron chi connectivity index (χ1n) is 9.63. The minimum absolute atomic E-state index is 0.0367. The van der Waals surface area contributed by atoms with Crippen molar-refractivity contribution >= 4 is 11.8 Å². The molecular weight excluding hydrogens is 338 g/mol. The lowest BCUT2D eigenvalue weighted by Crippen LogP contribution is -2.37. The van der Waals surface area contributed by atoms with E-state index < -0.39 is 0 Å². The van der Waals surface area contributed by atoms with Gasteiger partial charge in [0.1, 0.15) is 0 Å². The molecule has 2 amide bonds. The summed E-state index contributed by atoms with van der Waals surface area (Å²) in [4.78, 5) is 29.6. The number of benzene rings is 1. The van der Waals surface area contributed by atoms with Gasteiger partial charge in [-0.15, -0.1) is 0 Å². The molecule has 0 unspecified atom stereocenters. The van der Waals surface area contributed by atoms with Gasteiger partial charge in [-0.25, -0.2) is 0 Å². The van der Waals surface area contributed by atoms with E-state index >= 15 is 0 Å². The van der Waals surface area contributed by atoms with Crippen LogP contribution in [0.5, 0.6) is 0 Å². The van der Waals surface area contributed by atoms with Crippen LogP contribution in [0.3, 0.4) is 0 Å². The average Bonchev–Trinajstić information content (AvgIpc) is 2.70. The van der Waals surface area contributed by atoms with Gasteiger partial charge >= 0.3 is 0 Å². The molecule has 1 aliphatic rings. The lowest BCUT2D eigenvalue weighted by Gasteiger charge is -2.31. The number of likely N-dealkylation sites (tertiary alicyclic amines) is 1. The molecule has 27 heavy (non-hydrogen) atoms. The van der Waals surface area contributed by atoms with Crippen molar-refractivity contribution in [3.05, 3.63) is 65.5 Å². The van der Waals surface area contributed by atoms with Gasteiger partial charge in [-0.2, -0.15) is 0 Å². The Balaban J connectivity index is 1.44. The Kier molecular flexibility index (Phi) is 6.58. The number of nitrogens with zero attached hydrogens (tertiary/aromatic N) is 2. The highest BCUT2D eigenvalue weighted by atomic mass is 16.2. The predicted molar refractivity (Wildman–Crippen MR) is 105 cm³/mol. The van der Waals surface area contributed by atoms with Gasteiger partial charge in [0, 0.05) is 44.5 Å². The van der Waals surface area contributed by atoms with Crippen LogP contribution in [-0.4, -0.2) is 41.3 Å². The van der Waals surface area contributed by atoms with Crippen molar-refractivity contribution in [2.24, 2.45) is 5.92 Å². The Morgan fingerprint density at radius 1 is 1.04 bits per heavy atom. The van der Waals surface area contributed by atoms with Crippen molar-refractivity contribution in [1.82, 2.24) is 15.2 Å². The van der Waals surface area contributed by atoms with Gasteiger partial charge in [-0.05, 0) is 67.0 Å². The maximum absolute atomic E-state index is 12.3. The van der Waals surface area contributed by atoms with Crippen molar-refractivity contribution in [2.45, 2.75) is 32.6 Å². The van der Waals surface area contributed by atoms with E-state index in [1.165, 1.54) is 5.56 Å². The molecule has 0 atom stereocenters. The summed E-state index contributed by atoms with van der Waals surface area (Å²) in [5.74, 6) is 0.749. The monoisotopic (exact) mass is 365 g/mol. The molecule has 1 aromatic carbocycles. The van der Waals surface area contributed by atoms with Crippen LogP contribution in [-0.2, 0) is 17.6 Å². The van der Waals surface area contributed by atoms with Crippen molar-refractivity contribution in [3.8, 4) is 0 Å². The fourth-order valence-electron chi connectivity index (χ4n) is 3.55. The fraction of sp³-hybridized carbons (Fsp3) is 0.409. The molecule has 0 radical (unpaired) electrons. The van der Waals surface area contributed by atoms with Crippen LogP contribution in [0.1, 0.15) is 41.3 Å². The summed E-state index contributed by atoms with van der Waals surface area (Å²) in [5, 5.41) is 2.97. The van der Waals surface area contributed by atoms with E-state index in [0.29, 0.717) is 18.0 Å². The largest absolute Gasteiger partial charge is 0.352 e. The maximum Gasteiger partial charge on any atom is 0.251 e. The molecule has 1 aliphatic heterocycles. The number of amides is 2. The summed E-state index contributed by atoms with van der Waals surface area (Å²) in [6.07, 6.45) is 7.44. The van der Waals surface area contributed by atoms with Crippen molar-refractivity contribution in [3.63, 3.8) is 0 Å². The SMILES string of the molecule is CC(=O)N1CCC(Cc2ccc(C(=O)NCCc3ccncc3)cc2)CC1. The molecule has 0 aliphatic carbocycles. The molecule has 2 aromatic rings. The van der Waals surface area contributed by atoms with E-state index in [1.807, 2.05) is 29.2 Å². The zero-order valence-electron chi connectivity index (χ0n) is 15.9. The van der Waals surface area contributed by atoms with Crippen LogP contribution < -0.4 is 5.32 Å². The summed E-state index contributed by atoms with van der Waals surface area (Å²) in [5.41, 5.74) is 3.11. The van der Waals surface area contributed by atoms with Crippen LogP contribution >= 0.6 is 0 Å². The molecule has 0 bridgehead atoms. The highest BCUT2D eigenvalue weighted by molar-refractivity contribution is 5.94. The first-order valence-corrected chi connectivity index (χ1v) is 9.63. The minimum atomic E-state index is -0.0367. The Hall–Kier alpha value is -2.69. The molecule has 1 aromatic heterocycles. The second-order valence-corrected chi connectivity index (χ2v) is 7.21. The van der Waals surface area contributed by atoms with E-state index in [2.05, 4.69) is 22.4 Å². The van der Waals surface area contributed by atoms with Gasteiger partial charge in [0.2, 0.25) is 5.91 Å². The summed E-state index contributed by atoms with van der Waals surface area (Å²) >= 11 is 0. The average molecular weight is 365 g/mol. The highest BCUT2D eigenvalue weighted by Crippen LogP contribution is 2.22. The third kappa shape index (κ3) is 5.64. The predicted octanol–water partition coefficient (Wildman–Crippen LogP) is 2.86. The fourth-order valence-corrected chi connectivity index (χ4v) is 3.55. The van der Waals surface area contributed by atoms with E-state index in [9.17, 15) is 9.59 Å². The molecule has 1 fully saturated rings. The first kappa shape index (κ1) is 19.1. The van der Waals surface area contributed by atoms with Crippen molar-refractivity contribution < 1.29 is 9.59 Å². The number of pyridine rings is 1. The number of carbonyl (C=O) groups excluding carboxylic acids is 2. The maximum atomic E-state index is 12.3. The third-order valence-corrected chi connectivity index (χ3v) is 5.25. The smallest absolute Gasteiger partial charge is 0.251 e. The Morgan fingerprint density at radius 3 is 2.33 bits per heavy atom. The molecule has 1 N–H and O–H groups in total. The number of carbonyl (C=O) groups is 2. The lowest BCUT2D eigenvalue weighted by molar-refractivity contribution is -0.130. The van der Waals surface area contributed by atoms with Crippen LogP contribution in [0.2, 0.25) is 0 Å². The Labute approximate surface area is 160 Å². The van der Waals surface area contributed by atoms with Gasteiger partial charge in [0.25, 0.3) is 5.91 Å². The Morgan fingerprint density at radius 2 is 1.70 bits per heavy atom. The minimum Gasteiger partial charge on any atom is -0.352 e. The van der Waals surface area contributed by atoms with Crippen molar-refractivity contribution in [1.29, 1.82) is 0 Å². The van der Waals surface area contributed by atoms with Gasteiger partial charge < -0.3 is 10.2 Å². The number of rotatable bonds is 6. The number of hydrogen-bond acceptors (Lipinski definition) is 3. The van der Waals surface area contributed by atoms with Gasteiger partial charge in [0.05, 0.1) is 0 Å². The molecule has 5 nitrogen and oxygen atoms in total. The molecule has 0 spiro atoms. The van der Waals surface area contributed by atoms with E-state index in [1.54, 1.807) is 19.3 Å². The summed E-state index contributed by atoms with van der Waals surface area (Å²) in [6, 6.07) is 11.8. The second kappa shape index (κ2) is 9.31. The molecule has 0 saturated carbocycles.